The first kappa shape index (κ1) is 15.9. The van der Waals surface area contributed by atoms with Crippen LogP contribution >= 0.6 is 0 Å². The topological polar surface area (TPSA) is 79.5 Å². The molecule has 3 N–H and O–H groups in total. The van der Waals surface area contributed by atoms with E-state index in [1.807, 2.05) is 43.3 Å². The quantitative estimate of drug-likeness (QED) is 0.790. The summed E-state index contributed by atoms with van der Waals surface area (Å²) in [5.74, 6) is 0.135. The summed E-state index contributed by atoms with van der Waals surface area (Å²) in [6.07, 6.45) is 0.0284. The Morgan fingerprint density at radius 3 is 2.62 bits per heavy atom. The Kier molecular flexibility index (Phi) is 4.65. The number of benzene rings is 2. The first-order valence-corrected chi connectivity index (χ1v) is 7.85. The van der Waals surface area contributed by atoms with Crippen LogP contribution in [0.3, 0.4) is 0 Å². The molecule has 0 aromatic heterocycles. The zero-order chi connectivity index (χ0) is 16.9. The maximum Gasteiger partial charge on any atom is 0.247 e. The van der Waals surface area contributed by atoms with Gasteiger partial charge in [-0.15, -0.1) is 0 Å². The van der Waals surface area contributed by atoms with E-state index in [4.69, 9.17) is 4.74 Å². The number of amides is 2. The molecule has 1 heterocycles. The van der Waals surface area contributed by atoms with Crippen LogP contribution in [0.1, 0.15) is 13.3 Å². The molecular formula is C18H19N3O3. The zero-order valence-electron chi connectivity index (χ0n) is 13.3. The summed E-state index contributed by atoms with van der Waals surface area (Å²) in [4.78, 5) is 24.4. The van der Waals surface area contributed by atoms with E-state index in [1.165, 1.54) is 0 Å². The van der Waals surface area contributed by atoms with Gasteiger partial charge in [-0.05, 0) is 31.2 Å². The molecule has 6 nitrogen and oxygen atoms in total. The van der Waals surface area contributed by atoms with E-state index in [0.717, 1.165) is 11.4 Å². The second kappa shape index (κ2) is 7.04. The van der Waals surface area contributed by atoms with Crippen LogP contribution < -0.4 is 20.7 Å². The van der Waals surface area contributed by atoms with Crippen molar-refractivity contribution in [3.8, 4) is 5.75 Å². The third-order valence-corrected chi connectivity index (χ3v) is 3.68. The van der Waals surface area contributed by atoms with Gasteiger partial charge >= 0.3 is 0 Å². The summed E-state index contributed by atoms with van der Waals surface area (Å²) in [6.45, 7) is 2.39. The van der Waals surface area contributed by atoms with Gasteiger partial charge in [-0.3, -0.25) is 9.59 Å². The Hall–Kier alpha value is -3.02. The lowest BCUT2D eigenvalue weighted by molar-refractivity contribution is -0.122. The molecule has 0 saturated heterocycles. The molecule has 0 aliphatic carbocycles. The van der Waals surface area contributed by atoms with Crippen molar-refractivity contribution in [3.05, 3.63) is 48.5 Å². The average Bonchev–Trinajstić information content (AvgIpc) is 2.57. The Labute approximate surface area is 140 Å². The zero-order valence-corrected chi connectivity index (χ0v) is 13.3. The number of hydrogen-bond donors (Lipinski definition) is 3. The summed E-state index contributed by atoms with van der Waals surface area (Å²) in [7, 11) is 0. The van der Waals surface area contributed by atoms with Crippen LogP contribution in [0.2, 0.25) is 0 Å². The number of ether oxygens (including phenoxy) is 1. The van der Waals surface area contributed by atoms with E-state index in [2.05, 4.69) is 16.0 Å². The van der Waals surface area contributed by atoms with Gasteiger partial charge in [0.15, 0.2) is 0 Å². The smallest absolute Gasteiger partial charge is 0.247 e. The molecule has 6 heteroatoms. The molecule has 0 unspecified atom stereocenters. The van der Waals surface area contributed by atoms with Crippen LogP contribution in [0.25, 0.3) is 0 Å². The predicted molar refractivity (Wildman–Crippen MR) is 93.3 cm³/mol. The van der Waals surface area contributed by atoms with Crippen molar-refractivity contribution in [1.29, 1.82) is 0 Å². The van der Waals surface area contributed by atoms with Crippen molar-refractivity contribution in [2.75, 3.05) is 22.6 Å². The molecule has 2 aromatic carbocycles. The van der Waals surface area contributed by atoms with E-state index < -0.39 is 6.04 Å². The van der Waals surface area contributed by atoms with Crippen LogP contribution in [0.15, 0.2) is 48.5 Å². The first-order valence-electron chi connectivity index (χ1n) is 7.85. The summed E-state index contributed by atoms with van der Waals surface area (Å²) >= 11 is 0. The number of anilines is 3. The number of carbonyl (C=O) groups excluding carboxylic acids is 2. The molecule has 0 bridgehead atoms. The second-order valence-corrected chi connectivity index (χ2v) is 5.41. The van der Waals surface area contributed by atoms with Crippen LogP contribution in [-0.4, -0.2) is 24.5 Å². The minimum Gasteiger partial charge on any atom is -0.492 e. The van der Waals surface area contributed by atoms with Crippen molar-refractivity contribution in [1.82, 2.24) is 0 Å². The molecule has 3 rings (SSSR count). The molecule has 0 saturated carbocycles. The van der Waals surface area contributed by atoms with Gasteiger partial charge in [0.2, 0.25) is 11.8 Å². The fraction of sp³-hybridized carbons (Fsp3) is 0.222. The minimum absolute atomic E-state index is 0.0284. The monoisotopic (exact) mass is 325 g/mol. The Morgan fingerprint density at radius 1 is 1.12 bits per heavy atom. The Bertz CT molecular complexity index is 761. The maximum absolute atomic E-state index is 12.3. The van der Waals surface area contributed by atoms with E-state index in [0.29, 0.717) is 18.0 Å². The van der Waals surface area contributed by atoms with Gasteiger partial charge in [0.1, 0.15) is 11.8 Å². The third-order valence-electron chi connectivity index (χ3n) is 3.68. The maximum atomic E-state index is 12.3. The molecule has 0 fully saturated rings. The van der Waals surface area contributed by atoms with Gasteiger partial charge in [0.05, 0.1) is 30.1 Å². The lowest BCUT2D eigenvalue weighted by atomic mass is 10.1. The van der Waals surface area contributed by atoms with Gasteiger partial charge < -0.3 is 20.7 Å². The van der Waals surface area contributed by atoms with Gasteiger partial charge in [-0.1, -0.05) is 24.3 Å². The van der Waals surface area contributed by atoms with Crippen LogP contribution in [0.5, 0.6) is 5.75 Å². The number of para-hydroxylation sites is 4. The van der Waals surface area contributed by atoms with E-state index in [1.54, 1.807) is 12.1 Å². The standard InChI is InChI=1S/C18H19N3O3/c1-2-24-16-10-6-5-9-14(16)20-17(22)11-15-18(23)21-13-8-4-3-7-12(13)19-15/h3-10,15,19H,2,11H2,1H3,(H,20,22)(H,21,23)/t15-/m1/s1. The van der Waals surface area contributed by atoms with Gasteiger partial charge in [0.25, 0.3) is 0 Å². The highest BCUT2D eigenvalue weighted by atomic mass is 16.5. The molecule has 0 radical (unpaired) electrons. The molecule has 2 aromatic rings. The molecule has 2 amide bonds. The highest BCUT2D eigenvalue weighted by Gasteiger charge is 2.27. The average molecular weight is 325 g/mol. The number of rotatable bonds is 5. The van der Waals surface area contributed by atoms with Crippen molar-refractivity contribution in [2.24, 2.45) is 0 Å². The number of fused-ring (bicyclic) bond motifs is 1. The summed E-state index contributed by atoms with van der Waals surface area (Å²) in [6, 6.07) is 14.0. The fourth-order valence-corrected chi connectivity index (χ4v) is 2.57. The molecule has 0 spiro atoms. The van der Waals surface area contributed by atoms with Crippen molar-refractivity contribution >= 4 is 28.9 Å². The van der Waals surface area contributed by atoms with E-state index in [9.17, 15) is 9.59 Å². The predicted octanol–water partition coefficient (Wildman–Crippen LogP) is 2.85. The molecular weight excluding hydrogens is 306 g/mol. The third kappa shape index (κ3) is 3.48. The summed E-state index contributed by atoms with van der Waals surface area (Å²) < 4.78 is 5.49. The highest BCUT2D eigenvalue weighted by molar-refractivity contribution is 6.06. The SMILES string of the molecule is CCOc1ccccc1NC(=O)C[C@H]1Nc2ccccc2NC1=O. The normalized spacial score (nSPS) is 15.7. The van der Waals surface area contributed by atoms with Gasteiger partial charge in [-0.2, -0.15) is 0 Å². The molecule has 1 aliphatic heterocycles. The number of hydrogen-bond acceptors (Lipinski definition) is 4. The van der Waals surface area contributed by atoms with Gasteiger partial charge in [-0.25, -0.2) is 0 Å². The second-order valence-electron chi connectivity index (χ2n) is 5.41. The number of nitrogens with one attached hydrogen (secondary N) is 3. The van der Waals surface area contributed by atoms with E-state index >= 15 is 0 Å². The van der Waals surface area contributed by atoms with E-state index in [-0.39, 0.29) is 18.2 Å². The van der Waals surface area contributed by atoms with Gasteiger partial charge in [0, 0.05) is 0 Å². The summed E-state index contributed by atoms with van der Waals surface area (Å²) in [5, 5.41) is 8.71. The largest absolute Gasteiger partial charge is 0.492 e. The van der Waals surface area contributed by atoms with Crippen LogP contribution in [-0.2, 0) is 9.59 Å². The molecule has 1 atom stereocenters. The fourth-order valence-electron chi connectivity index (χ4n) is 2.57. The first-order chi connectivity index (χ1) is 11.7. The molecule has 1 aliphatic rings. The van der Waals surface area contributed by atoms with Crippen molar-refractivity contribution in [3.63, 3.8) is 0 Å². The van der Waals surface area contributed by atoms with Crippen LogP contribution in [0, 0.1) is 0 Å². The summed E-state index contributed by atoms with van der Waals surface area (Å²) in [5.41, 5.74) is 2.13. The Morgan fingerprint density at radius 2 is 1.83 bits per heavy atom. The molecule has 24 heavy (non-hydrogen) atoms. The minimum atomic E-state index is -0.612. The molecule has 124 valence electrons. The van der Waals surface area contributed by atoms with Crippen LogP contribution in [0.4, 0.5) is 17.1 Å². The van der Waals surface area contributed by atoms with Crippen molar-refractivity contribution in [2.45, 2.75) is 19.4 Å². The lowest BCUT2D eigenvalue weighted by Gasteiger charge is -2.26. The lowest BCUT2D eigenvalue weighted by Crippen LogP contribution is -2.41. The number of carbonyl (C=O) groups is 2. The highest BCUT2D eigenvalue weighted by Crippen LogP contribution is 2.27. The Balaban J connectivity index is 1.66. The van der Waals surface area contributed by atoms with Crippen molar-refractivity contribution < 1.29 is 14.3 Å².